The topological polar surface area (TPSA) is 45.7 Å². The number of rotatable bonds is 9. The van der Waals surface area contributed by atoms with Crippen LogP contribution in [0.3, 0.4) is 0 Å². The Morgan fingerprint density at radius 3 is 2.57 bits per heavy atom. The quantitative estimate of drug-likeness (QED) is 0.424. The Labute approximate surface area is 207 Å². The molecule has 2 aromatic carbocycles. The summed E-state index contributed by atoms with van der Waals surface area (Å²) in [6.07, 6.45) is 8.54. The molecule has 35 heavy (non-hydrogen) atoms. The molecule has 3 aromatic rings. The first kappa shape index (κ1) is 24.9. The number of ether oxygens (including phenoxy) is 1. The highest BCUT2D eigenvalue weighted by molar-refractivity contribution is 5.82. The van der Waals surface area contributed by atoms with Gasteiger partial charge in [-0.15, -0.1) is 0 Å². The van der Waals surface area contributed by atoms with Gasteiger partial charge in [-0.3, -0.25) is 14.7 Å². The molecule has 0 bridgehead atoms. The predicted octanol–water partition coefficient (Wildman–Crippen LogP) is 5.25. The number of hydrogen-bond donors (Lipinski definition) is 0. The van der Waals surface area contributed by atoms with Gasteiger partial charge in [0.05, 0.1) is 12.6 Å². The Balaban J connectivity index is 1.44. The Morgan fingerprint density at radius 2 is 1.77 bits per heavy atom. The van der Waals surface area contributed by atoms with E-state index in [2.05, 4.69) is 16.9 Å². The maximum Gasteiger partial charge on any atom is 0.240 e. The molecule has 1 aliphatic heterocycles. The highest BCUT2D eigenvalue weighted by Crippen LogP contribution is 2.21. The summed E-state index contributed by atoms with van der Waals surface area (Å²) in [7, 11) is 2.06. The zero-order valence-corrected chi connectivity index (χ0v) is 20.4. The summed E-state index contributed by atoms with van der Waals surface area (Å²) in [4.78, 5) is 22.0. The first-order valence-electron chi connectivity index (χ1n) is 12.4. The molecule has 1 saturated heterocycles. The van der Waals surface area contributed by atoms with Gasteiger partial charge in [-0.25, -0.2) is 4.39 Å². The van der Waals surface area contributed by atoms with E-state index in [4.69, 9.17) is 4.74 Å². The van der Waals surface area contributed by atoms with E-state index in [0.717, 1.165) is 48.2 Å². The van der Waals surface area contributed by atoms with Gasteiger partial charge in [-0.1, -0.05) is 37.1 Å². The maximum absolute atomic E-state index is 13.7. The number of carbonyl (C=O) groups excluding carboxylic acids is 1. The lowest BCUT2D eigenvalue weighted by atomic mass is 10.1. The van der Waals surface area contributed by atoms with Gasteiger partial charge < -0.3 is 9.64 Å². The molecule has 0 radical (unpaired) electrons. The molecule has 1 amide bonds. The van der Waals surface area contributed by atoms with Gasteiger partial charge in [-0.05, 0) is 79.5 Å². The summed E-state index contributed by atoms with van der Waals surface area (Å²) in [6.45, 7) is 2.51. The monoisotopic (exact) mass is 475 g/mol. The van der Waals surface area contributed by atoms with Gasteiger partial charge in [-0.2, -0.15) is 0 Å². The largest absolute Gasteiger partial charge is 0.493 e. The SMILES string of the molecule is CN1CCCCC[C@@H]1C(=O)N(Cc1ccncc1)Cc1cccc(OCCc2ccc(F)cc2)c1. The Hall–Kier alpha value is -3.25. The summed E-state index contributed by atoms with van der Waals surface area (Å²) in [6, 6.07) is 18.3. The average Bonchev–Trinajstić information content (AvgIpc) is 3.09. The third-order valence-electron chi connectivity index (χ3n) is 6.58. The number of aromatic nitrogens is 1. The van der Waals surface area contributed by atoms with Crippen molar-refractivity contribution in [3.8, 4) is 5.75 Å². The van der Waals surface area contributed by atoms with E-state index in [1.54, 1.807) is 24.5 Å². The fourth-order valence-corrected chi connectivity index (χ4v) is 4.59. The minimum absolute atomic E-state index is 0.0884. The molecule has 0 N–H and O–H groups in total. The van der Waals surface area contributed by atoms with Crippen LogP contribution in [0.5, 0.6) is 5.75 Å². The van der Waals surface area contributed by atoms with E-state index in [1.807, 2.05) is 41.3 Å². The number of amides is 1. The fraction of sp³-hybridized carbons (Fsp3) is 0.379. The fourth-order valence-electron chi connectivity index (χ4n) is 4.59. The minimum Gasteiger partial charge on any atom is -0.493 e. The van der Waals surface area contributed by atoms with Crippen LogP contribution in [-0.4, -0.2) is 46.9 Å². The molecule has 1 atom stereocenters. The first-order chi connectivity index (χ1) is 17.1. The molecule has 0 saturated carbocycles. The van der Waals surface area contributed by atoms with Gasteiger partial charge in [0.1, 0.15) is 11.6 Å². The van der Waals surface area contributed by atoms with Crippen molar-refractivity contribution in [1.29, 1.82) is 0 Å². The number of hydrogen-bond acceptors (Lipinski definition) is 4. The molecular weight excluding hydrogens is 441 g/mol. The van der Waals surface area contributed by atoms with E-state index in [9.17, 15) is 9.18 Å². The molecule has 0 spiro atoms. The van der Waals surface area contributed by atoms with Gasteiger partial charge in [0.2, 0.25) is 5.91 Å². The van der Waals surface area contributed by atoms with Crippen molar-refractivity contribution >= 4 is 5.91 Å². The molecule has 4 rings (SSSR count). The van der Waals surface area contributed by atoms with Crippen molar-refractivity contribution in [3.05, 3.63) is 95.6 Å². The van der Waals surface area contributed by atoms with Crippen LogP contribution in [0, 0.1) is 5.82 Å². The van der Waals surface area contributed by atoms with Crippen LogP contribution in [0.4, 0.5) is 4.39 Å². The molecule has 184 valence electrons. The second-order valence-electron chi connectivity index (χ2n) is 9.27. The van der Waals surface area contributed by atoms with Gasteiger partial charge >= 0.3 is 0 Å². The lowest BCUT2D eigenvalue weighted by Gasteiger charge is -2.31. The van der Waals surface area contributed by atoms with Crippen LogP contribution in [-0.2, 0) is 24.3 Å². The van der Waals surface area contributed by atoms with Crippen molar-refractivity contribution in [1.82, 2.24) is 14.8 Å². The van der Waals surface area contributed by atoms with Crippen LogP contribution in [0.1, 0.15) is 42.4 Å². The molecule has 0 aliphatic carbocycles. The highest BCUT2D eigenvalue weighted by atomic mass is 19.1. The number of carbonyl (C=O) groups is 1. The van der Waals surface area contributed by atoms with Crippen molar-refractivity contribution in [2.75, 3.05) is 20.2 Å². The summed E-state index contributed by atoms with van der Waals surface area (Å²) >= 11 is 0. The van der Waals surface area contributed by atoms with Gasteiger partial charge in [0, 0.05) is 31.9 Å². The van der Waals surface area contributed by atoms with E-state index in [1.165, 1.54) is 18.6 Å². The Kier molecular flexibility index (Phi) is 8.85. The second-order valence-corrected chi connectivity index (χ2v) is 9.27. The van der Waals surface area contributed by atoms with E-state index < -0.39 is 0 Å². The summed E-state index contributed by atoms with van der Waals surface area (Å²) in [5, 5.41) is 0. The van der Waals surface area contributed by atoms with E-state index >= 15 is 0 Å². The van der Waals surface area contributed by atoms with Crippen molar-refractivity contribution in [2.45, 2.75) is 51.2 Å². The number of likely N-dealkylation sites (tertiary alicyclic amines) is 1. The molecular formula is C29H34FN3O2. The lowest BCUT2D eigenvalue weighted by Crippen LogP contribution is -2.46. The third-order valence-corrected chi connectivity index (χ3v) is 6.58. The van der Waals surface area contributed by atoms with Crippen molar-refractivity contribution in [2.24, 2.45) is 0 Å². The molecule has 2 heterocycles. The summed E-state index contributed by atoms with van der Waals surface area (Å²) in [5.74, 6) is 0.713. The molecule has 1 aromatic heterocycles. The van der Waals surface area contributed by atoms with Crippen LogP contribution >= 0.6 is 0 Å². The van der Waals surface area contributed by atoms with Crippen LogP contribution in [0.15, 0.2) is 73.1 Å². The smallest absolute Gasteiger partial charge is 0.240 e. The van der Waals surface area contributed by atoms with Crippen molar-refractivity contribution in [3.63, 3.8) is 0 Å². The number of likely N-dealkylation sites (N-methyl/N-ethyl adjacent to an activating group) is 1. The molecule has 6 heteroatoms. The lowest BCUT2D eigenvalue weighted by molar-refractivity contribution is -0.138. The Bertz CT molecular complexity index is 1070. The normalized spacial score (nSPS) is 16.5. The Morgan fingerprint density at radius 1 is 1.00 bits per heavy atom. The molecule has 5 nitrogen and oxygen atoms in total. The highest BCUT2D eigenvalue weighted by Gasteiger charge is 2.29. The number of halogens is 1. The van der Waals surface area contributed by atoms with Crippen LogP contribution < -0.4 is 4.74 Å². The predicted molar refractivity (Wildman–Crippen MR) is 135 cm³/mol. The van der Waals surface area contributed by atoms with Gasteiger partial charge in [0.15, 0.2) is 0 Å². The average molecular weight is 476 g/mol. The third kappa shape index (κ3) is 7.36. The molecule has 1 fully saturated rings. The minimum atomic E-state index is -0.233. The molecule has 1 aliphatic rings. The van der Waals surface area contributed by atoms with E-state index in [-0.39, 0.29) is 17.8 Å². The number of benzene rings is 2. The van der Waals surface area contributed by atoms with Crippen LogP contribution in [0.25, 0.3) is 0 Å². The molecule has 0 unspecified atom stereocenters. The van der Waals surface area contributed by atoms with Crippen molar-refractivity contribution < 1.29 is 13.9 Å². The first-order valence-corrected chi connectivity index (χ1v) is 12.4. The number of pyridine rings is 1. The second kappa shape index (κ2) is 12.5. The summed E-state index contributed by atoms with van der Waals surface area (Å²) in [5.41, 5.74) is 3.13. The standard InChI is InChI=1S/C29H34FN3O2/c1-32-18-4-2-3-8-28(32)29(34)33(21-24-13-16-31-17-14-24)22-25-6-5-7-27(20-25)35-19-15-23-9-11-26(30)12-10-23/h5-7,9-14,16-17,20,28H,2-4,8,15,18-19,21-22H2,1H3/t28-/m1/s1. The zero-order valence-electron chi connectivity index (χ0n) is 20.4. The van der Waals surface area contributed by atoms with Gasteiger partial charge in [0.25, 0.3) is 0 Å². The number of nitrogens with zero attached hydrogens (tertiary/aromatic N) is 3. The summed E-state index contributed by atoms with van der Waals surface area (Å²) < 4.78 is 19.1. The maximum atomic E-state index is 13.7. The zero-order chi connectivity index (χ0) is 24.5. The van der Waals surface area contributed by atoms with E-state index in [0.29, 0.717) is 26.1 Å². The van der Waals surface area contributed by atoms with Crippen LogP contribution in [0.2, 0.25) is 0 Å².